The van der Waals surface area contributed by atoms with Gasteiger partial charge in [-0.2, -0.15) is 0 Å². The summed E-state index contributed by atoms with van der Waals surface area (Å²) >= 11 is 0. The normalized spacial score (nSPS) is 12.3. The zero-order chi connectivity index (χ0) is 55.0. The molecule has 0 radical (unpaired) electrons. The second kappa shape index (κ2) is 64.9. The lowest BCUT2D eigenvalue weighted by molar-refractivity contribution is -0.167. The number of rotatable bonds is 62. The Morgan fingerprint density at radius 1 is 0.263 bits per heavy atom. The third-order valence-electron chi connectivity index (χ3n) is 15.1. The average molecular weight is 1070 g/mol. The Morgan fingerprint density at radius 3 is 0.750 bits per heavy atom. The highest BCUT2D eigenvalue weighted by molar-refractivity contribution is 5.71. The molecule has 0 fully saturated rings. The van der Waals surface area contributed by atoms with E-state index in [-0.39, 0.29) is 31.1 Å². The smallest absolute Gasteiger partial charge is 0.306 e. The third-order valence-corrected chi connectivity index (χ3v) is 15.1. The van der Waals surface area contributed by atoms with Crippen LogP contribution in [0.3, 0.4) is 0 Å². The van der Waals surface area contributed by atoms with E-state index in [0.29, 0.717) is 19.3 Å². The summed E-state index contributed by atoms with van der Waals surface area (Å²) in [5.41, 5.74) is 0. The Kier molecular flexibility index (Phi) is 62.6. The molecule has 0 saturated carbocycles. The number of allylic oxidation sites excluding steroid dienone is 8. The monoisotopic (exact) mass is 1060 g/mol. The fourth-order valence-electron chi connectivity index (χ4n) is 9.98. The van der Waals surface area contributed by atoms with Crippen molar-refractivity contribution in [3.8, 4) is 0 Å². The molecule has 0 spiro atoms. The van der Waals surface area contributed by atoms with Gasteiger partial charge < -0.3 is 14.2 Å². The van der Waals surface area contributed by atoms with E-state index < -0.39 is 6.10 Å². The quantitative estimate of drug-likeness (QED) is 0.0261. The Hall–Kier alpha value is -2.63. The summed E-state index contributed by atoms with van der Waals surface area (Å²) in [6, 6.07) is 0. The second-order valence-corrected chi connectivity index (χ2v) is 22.7. The van der Waals surface area contributed by atoms with Gasteiger partial charge in [0.25, 0.3) is 0 Å². The first-order valence-electron chi connectivity index (χ1n) is 33.6. The van der Waals surface area contributed by atoms with E-state index in [1.165, 1.54) is 244 Å². The van der Waals surface area contributed by atoms with Crippen molar-refractivity contribution in [2.45, 2.75) is 367 Å². The summed E-state index contributed by atoms with van der Waals surface area (Å²) in [5, 5.41) is 0. The van der Waals surface area contributed by atoms with Gasteiger partial charge in [-0.15, -0.1) is 0 Å². The van der Waals surface area contributed by atoms with Crippen LogP contribution in [0.25, 0.3) is 0 Å². The lowest BCUT2D eigenvalue weighted by Crippen LogP contribution is -2.30. The molecule has 0 aliphatic heterocycles. The van der Waals surface area contributed by atoms with Crippen molar-refractivity contribution in [3.63, 3.8) is 0 Å². The number of esters is 3. The van der Waals surface area contributed by atoms with E-state index >= 15 is 0 Å². The lowest BCUT2D eigenvalue weighted by atomic mass is 10.0. The highest BCUT2D eigenvalue weighted by Crippen LogP contribution is 2.17. The number of hydrogen-bond donors (Lipinski definition) is 0. The van der Waals surface area contributed by atoms with E-state index in [0.717, 1.165) is 77.0 Å². The Bertz CT molecular complexity index is 1310. The van der Waals surface area contributed by atoms with Gasteiger partial charge in [-0.1, -0.05) is 307 Å². The van der Waals surface area contributed by atoms with Gasteiger partial charge in [-0.05, 0) is 83.5 Å². The molecule has 1 unspecified atom stereocenters. The van der Waals surface area contributed by atoms with Gasteiger partial charge in [-0.25, -0.2) is 0 Å². The number of unbranched alkanes of at least 4 members (excludes halogenated alkanes) is 43. The summed E-state index contributed by atoms with van der Waals surface area (Å²) < 4.78 is 16.8. The largest absolute Gasteiger partial charge is 0.462 e. The molecule has 6 nitrogen and oxygen atoms in total. The maximum Gasteiger partial charge on any atom is 0.306 e. The van der Waals surface area contributed by atoms with Crippen molar-refractivity contribution in [1.29, 1.82) is 0 Å². The zero-order valence-electron chi connectivity index (χ0n) is 51.0. The average Bonchev–Trinajstić information content (AvgIpc) is 3.42. The van der Waals surface area contributed by atoms with E-state index in [1.807, 2.05) is 0 Å². The van der Waals surface area contributed by atoms with Crippen LogP contribution in [0.4, 0.5) is 0 Å². The molecule has 0 rings (SSSR count). The minimum Gasteiger partial charge on any atom is -0.462 e. The standard InChI is InChI=1S/C70H128O6/c1-4-7-10-13-16-18-20-22-24-26-28-30-31-32-33-34-35-36-37-38-39-41-42-44-46-48-50-52-54-57-60-63-69(72)75-66-67(65-74-68(71)62-59-56-15-12-9-6-3)76-70(73)64-61-58-55-53-51-49-47-45-43-40-29-27-25-23-21-19-17-14-11-8-5-2/h21,23,26-29,43,45,67H,4-20,22,24-25,30-42,44,46-66H2,1-3H3/b23-21-,28-26-,29-27-,45-43-. The van der Waals surface area contributed by atoms with E-state index in [9.17, 15) is 14.4 Å². The van der Waals surface area contributed by atoms with Crippen LogP contribution in [-0.2, 0) is 28.6 Å². The predicted octanol–water partition coefficient (Wildman–Crippen LogP) is 22.9. The maximum absolute atomic E-state index is 12.8. The van der Waals surface area contributed by atoms with Crippen LogP contribution < -0.4 is 0 Å². The van der Waals surface area contributed by atoms with E-state index in [4.69, 9.17) is 14.2 Å². The summed E-state index contributed by atoms with van der Waals surface area (Å²) in [5.74, 6) is -0.879. The summed E-state index contributed by atoms with van der Waals surface area (Å²) in [7, 11) is 0. The molecule has 0 saturated heterocycles. The minimum absolute atomic E-state index is 0.0751. The van der Waals surface area contributed by atoms with Gasteiger partial charge in [0.05, 0.1) is 0 Å². The van der Waals surface area contributed by atoms with Gasteiger partial charge in [0.2, 0.25) is 0 Å². The number of carbonyl (C=O) groups is 3. The van der Waals surface area contributed by atoms with Gasteiger partial charge in [0, 0.05) is 19.3 Å². The van der Waals surface area contributed by atoms with Crippen molar-refractivity contribution in [2.75, 3.05) is 13.2 Å². The minimum atomic E-state index is -0.776. The van der Waals surface area contributed by atoms with Gasteiger partial charge in [-0.3, -0.25) is 14.4 Å². The molecule has 0 aromatic carbocycles. The molecule has 76 heavy (non-hydrogen) atoms. The Morgan fingerprint density at radius 2 is 0.474 bits per heavy atom. The van der Waals surface area contributed by atoms with Crippen molar-refractivity contribution in [2.24, 2.45) is 0 Å². The molecule has 6 heteroatoms. The second-order valence-electron chi connectivity index (χ2n) is 22.7. The van der Waals surface area contributed by atoms with E-state index in [2.05, 4.69) is 69.4 Å². The van der Waals surface area contributed by atoms with Crippen molar-refractivity contribution in [1.82, 2.24) is 0 Å². The molecule has 0 aliphatic rings. The van der Waals surface area contributed by atoms with E-state index in [1.54, 1.807) is 0 Å². The third kappa shape index (κ3) is 62.2. The topological polar surface area (TPSA) is 78.9 Å². The molecule has 0 aromatic heterocycles. The molecule has 1 atom stereocenters. The molecule has 0 aromatic rings. The first kappa shape index (κ1) is 73.4. The van der Waals surface area contributed by atoms with Crippen LogP contribution in [0, 0.1) is 0 Å². The molecule has 0 heterocycles. The first-order chi connectivity index (χ1) is 37.5. The molecular weight excluding hydrogens is 937 g/mol. The molecular formula is C70H128O6. The highest BCUT2D eigenvalue weighted by Gasteiger charge is 2.19. The number of ether oxygens (including phenoxy) is 3. The Balaban J connectivity index is 4.00. The predicted molar refractivity (Wildman–Crippen MR) is 330 cm³/mol. The fourth-order valence-corrected chi connectivity index (χ4v) is 9.98. The number of carbonyl (C=O) groups excluding carboxylic acids is 3. The van der Waals surface area contributed by atoms with Crippen LogP contribution in [0.15, 0.2) is 48.6 Å². The van der Waals surface area contributed by atoms with Crippen molar-refractivity contribution >= 4 is 17.9 Å². The van der Waals surface area contributed by atoms with Crippen LogP contribution in [0.2, 0.25) is 0 Å². The van der Waals surface area contributed by atoms with Gasteiger partial charge in [0.1, 0.15) is 13.2 Å². The summed E-state index contributed by atoms with van der Waals surface area (Å²) in [4.78, 5) is 38.0. The van der Waals surface area contributed by atoms with Crippen LogP contribution in [-0.4, -0.2) is 37.2 Å². The fraction of sp³-hybridized carbons (Fsp3) is 0.843. The maximum atomic E-state index is 12.8. The molecule has 0 aliphatic carbocycles. The highest BCUT2D eigenvalue weighted by atomic mass is 16.6. The van der Waals surface area contributed by atoms with Crippen molar-refractivity contribution in [3.05, 3.63) is 48.6 Å². The summed E-state index contributed by atoms with van der Waals surface area (Å²) in [6.07, 6.45) is 81.8. The van der Waals surface area contributed by atoms with Crippen LogP contribution >= 0.6 is 0 Å². The van der Waals surface area contributed by atoms with Gasteiger partial charge in [0.15, 0.2) is 6.10 Å². The molecule has 0 bridgehead atoms. The van der Waals surface area contributed by atoms with Crippen LogP contribution in [0.1, 0.15) is 361 Å². The molecule has 0 amide bonds. The lowest BCUT2D eigenvalue weighted by Gasteiger charge is -2.18. The first-order valence-corrected chi connectivity index (χ1v) is 33.6. The SMILES string of the molecule is CCCCCCC/C=C\C/C=C\C/C=C\CCCCCCCCC(=O)OC(COC(=O)CCCCCCCC)COC(=O)CCCCCCCCCCCCCCCCCCCCC/C=C\CCCCCCCCCC. The van der Waals surface area contributed by atoms with Gasteiger partial charge >= 0.3 is 17.9 Å². The molecule has 444 valence electrons. The molecule has 0 N–H and O–H groups in total. The number of hydrogen-bond acceptors (Lipinski definition) is 6. The Labute approximate surface area is 473 Å². The summed E-state index contributed by atoms with van der Waals surface area (Å²) in [6.45, 7) is 6.60. The zero-order valence-corrected chi connectivity index (χ0v) is 51.0. The van der Waals surface area contributed by atoms with Crippen LogP contribution in [0.5, 0.6) is 0 Å². The van der Waals surface area contributed by atoms with Crippen molar-refractivity contribution < 1.29 is 28.6 Å².